The van der Waals surface area contributed by atoms with Gasteiger partial charge in [0.25, 0.3) is 0 Å². The predicted octanol–water partition coefficient (Wildman–Crippen LogP) is 15.9. The van der Waals surface area contributed by atoms with Crippen molar-refractivity contribution in [2.24, 2.45) is 0 Å². The molecule has 0 rings (SSSR count). The van der Waals surface area contributed by atoms with Crippen molar-refractivity contribution in [3.05, 3.63) is 48.6 Å². The van der Waals surface area contributed by atoms with Crippen LogP contribution in [0.3, 0.4) is 0 Å². The highest BCUT2D eigenvalue weighted by Gasteiger charge is 2.17. The molecular weight excluding hydrogens is 687 g/mol. The van der Waals surface area contributed by atoms with E-state index < -0.39 is 12.1 Å². The summed E-state index contributed by atoms with van der Waals surface area (Å²) in [4.78, 5) is 12.4. The van der Waals surface area contributed by atoms with Gasteiger partial charge >= 0.3 is 0 Å². The number of aliphatic hydroxyl groups excluding tert-OH is 2. The Hall–Kier alpha value is -1.65. The minimum absolute atomic E-state index is 0.0762. The summed E-state index contributed by atoms with van der Waals surface area (Å²) in [6.45, 7) is 4.29. The molecule has 0 fully saturated rings. The zero-order valence-electron chi connectivity index (χ0n) is 37.7. The van der Waals surface area contributed by atoms with Crippen LogP contribution in [0, 0.1) is 0 Å². The number of rotatable bonds is 45. The quantitative estimate of drug-likeness (QED) is 0.0425. The van der Waals surface area contributed by atoms with Crippen LogP contribution in [0.15, 0.2) is 48.6 Å². The number of nitrogens with one attached hydrogen (secondary N) is 1. The maximum atomic E-state index is 12.4. The Morgan fingerprint density at radius 3 is 1.04 bits per heavy atom. The molecule has 56 heavy (non-hydrogen) atoms. The van der Waals surface area contributed by atoms with Crippen LogP contribution in [0.25, 0.3) is 0 Å². The van der Waals surface area contributed by atoms with Crippen molar-refractivity contribution in [3.63, 3.8) is 0 Å². The zero-order chi connectivity index (χ0) is 40.7. The van der Waals surface area contributed by atoms with Gasteiger partial charge in [0, 0.05) is 6.42 Å². The zero-order valence-corrected chi connectivity index (χ0v) is 37.7. The van der Waals surface area contributed by atoms with E-state index in [0.717, 1.165) is 38.5 Å². The van der Waals surface area contributed by atoms with Gasteiger partial charge in [-0.3, -0.25) is 4.79 Å². The van der Waals surface area contributed by atoms with Crippen LogP contribution in [0.4, 0.5) is 0 Å². The summed E-state index contributed by atoms with van der Waals surface area (Å²) in [5, 5.41) is 23.0. The Kier molecular flexibility index (Phi) is 46.3. The maximum Gasteiger partial charge on any atom is 0.220 e. The molecule has 0 saturated heterocycles. The lowest BCUT2D eigenvalue weighted by Gasteiger charge is -2.19. The summed E-state index contributed by atoms with van der Waals surface area (Å²) in [6, 6.07) is -0.644. The number of hydrogen-bond acceptors (Lipinski definition) is 3. The number of carbonyl (C=O) groups excluding carboxylic acids is 1. The molecule has 0 aliphatic heterocycles. The molecule has 0 heterocycles. The van der Waals surface area contributed by atoms with Gasteiger partial charge in [-0.05, 0) is 70.6 Å². The number of carbonyl (C=O) groups is 1. The largest absolute Gasteiger partial charge is 0.394 e. The van der Waals surface area contributed by atoms with Crippen LogP contribution in [0.1, 0.15) is 258 Å². The normalized spacial score (nSPS) is 13.3. The summed E-state index contributed by atoms with van der Waals surface area (Å²) in [6.07, 6.45) is 65.4. The number of allylic oxidation sites excluding steroid dienone is 7. The molecule has 0 saturated carbocycles. The smallest absolute Gasteiger partial charge is 0.220 e. The van der Waals surface area contributed by atoms with E-state index in [9.17, 15) is 15.0 Å². The molecule has 0 aromatic heterocycles. The van der Waals surface area contributed by atoms with Gasteiger partial charge in [-0.1, -0.05) is 229 Å². The molecule has 2 atom stereocenters. The second-order valence-electron chi connectivity index (χ2n) is 16.9. The third-order valence-corrected chi connectivity index (χ3v) is 11.3. The summed E-state index contributed by atoms with van der Waals surface area (Å²) >= 11 is 0. The fraction of sp³-hybridized carbons (Fsp3) is 0.827. The van der Waals surface area contributed by atoms with Gasteiger partial charge in [0.2, 0.25) is 5.91 Å². The van der Waals surface area contributed by atoms with Crippen LogP contribution in [0.5, 0.6) is 0 Å². The second-order valence-corrected chi connectivity index (χ2v) is 16.9. The first-order valence-electron chi connectivity index (χ1n) is 24.9. The van der Waals surface area contributed by atoms with E-state index in [-0.39, 0.29) is 12.5 Å². The Balaban J connectivity index is 3.51. The van der Waals surface area contributed by atoms with Gasteiger partial charge in [0.15, 0.2) is 0 Å². The lowest BCUT2D eigenvalue weighted by atomic mass is 10.0. The number of unbranched alkanes of at least 4 members (excludes halogenated alkanes) is 32. The van der Waals surface area contributed by atoms with E-state index in [2.05, 4.69) is 55.6 Å². The van der Waals surface area contributed by atoms with Crippen LogP contribution < -0.4 is 5.32 Å². The molecule has 0 spiro atoms. The van der Waals surface area contributed by atoms with Crippen LogP contribution in [0.2, 0.25) is 0 Å². The minimum Gasteiger partial charge on any atom is -0.394 e. The molecule has 3 N–H and O–H groups in total. The molecule has 0 radical (unpaired) electrons. The lowest BCUT2D eigenvalue weighted by molar-refractivity contribution is -0.123. The van der Waals surface area contributed by atoms with Crippen LogP contribution in [-0.4, -0.2) is 34.9 Å². The SMILES string of the molecule is CCCCCCC/C=C/CC/C=C/CC/C=C/C(O)C(CO)NC(=O)CCCCCCCCCCCCCCCCCCC/C=C\CCCCCCCCCC. The Morgan fingerprint density at radius 1 is 0.411 bits per heavy atom. The molecule has 2 unspecified atom stereocenters. The molecular formula is C52H97NO3. The number of amides is 1. The van der Waals surface area contributed by atoms with E-state index >= 15 is 0 Å². The average Bonchev–Trinajstić information content (AvgIpc) is 3.20. The van der Waals surface area contributed by atoms with Gasteiger partial charge in [-0.25, -0.2) is 0 Å². The van der Waals surface area contributed by atoms with Crippen molar-refractivity contribution in [1.82, 2.24) is 5.32 Å². The Morgan fingerprint density at radius 2 is 0.696 bits per heavy atom. The van der Waals surface area contributed by atoms with Gasteiger partial charge < -0.3 is 15.5 Å². The van der Waals surface area contributed by atoms with Gasteiger partial charge in [0.1, 0.15) is 0 Å². The molecule has 328 valence electrons. The van der Waals surface area contributed by atoms with Gasteiger partial charge in [0.05, 0.1) is 18.8 Å². The molecule has 1 amide bonds. The second kappa shape index (κ2) is 47.7. The molecule has 0 aliphatic carbocycles. The van der Waals surface area contributed by atoms with E-state index in [1.54, 1.807) is 6.08 Å². The van der Waals surface area contributed by atoms with Crippen molar-refractivity contribution in [1.29, 1.82) is 0 Å². The first kappa shape index (κ1) is 54.3. The predicted molar refractivity (Wildman–Crippen MR) is 248 cm³/mol. The van der Waals surface area contributed by atoms with E-state index in [1.807, 2.05) is 6.08 Å². The molecule has 4 nitrogen and oxygen atoms in total. The highest BCUT2D eigenvalue weighted by molar-refractivity contribution is 5.76. The molecule has 0 bridgehead atoms. The first-order valence-corrected chi connectivity index (χ1v) is 24.9. The third kappa shape index (κ3) is 43.5. The summed E-state index contributed by atoms with van der Waals surface area (Å²) in [7, 11) is 0. The van der Waals surface area contributed by atoms with Gasteiger partial charge in [-0.2, -0.15) is 0 Å². The number of aliphatic hydroxyl groups is 2. The molecule has 0 aromatic carbocycles. The van der Waals surface area contributed by atoms with Crippen molar-refractivity contribution in [2.45, 2.75) is 270 Å². The highest BCUT2D eigenvalue weighted by atomic mass is 16.3. The first-order chi connectivity index (χ1) is 27.7. The van der Waals surface area contributed by atoms with Crippen LogP contribution in [-0.2, 0) is 4.79 Å². The fourth-order valence-corrected chi connectivity index (χ4v) is 7.44. The summed E-state index contributed by atoms with van der Waals surface area (Å²) in [5.41, 5.74) is 0. The molecule has 0 aromatic rings. The van der Waals surface area contributed by atoms with Crippen molar-refractivity contribution < 1.29 is 15.0 Å². The topological polar surface area (TPSA) is 69.6 Å². The summed E-state index contributed by atoms with van der Waals surface area (Å²) < 4.78 is 0. The summed E-state index contributed by atoms with van der Waals surface area (Å²) in [5.74, 6) is -0.0762. The monoisotopic (exact) mass is 784 g/mol. The average molecular weight is 784 g/mol. The Labute approximate surface area is 350 Å². The molecule has 0 aliphatic rings. The lowest BCUT2D eigenvalue weighted by Crippen LogP contribution is -2.45. The van der Waals surface area contributed by atoms with Gasteiger partial charge in [-0.15, -0.1) is 0 Å². The van der Waals surface area contributed by atoms with Crippen LogP contribution >= 0.6 is 0 Å². The standard InChI is InChI=1S/C52H97NO3/c1-3-5-7-9-11-13-15-17-19-20-21-22-23-24-25-26-27-28-29-30-31-32-34-36-38-40-42-44-46-48-52(56)53-50(49-54)51(55)47-45-43-41-39-37-35-33-18-16-14-12-10-8-6-4-2/h16,18,20-21,37,39,45,47,50-51,54-55H,3-15,17,19,22-36,38,40-44,46,48-49H2,1-2H3,(H,53,56)/b18-16+,21-20-,39-37+,47-45+. The van der Waals surface area contributed by atoms with Crippen molar-refractivity contribution in [2.75, 3.05) is 6.61 Å². The van der Waals surface area contributed by atoms with E-state index in [0.29, 0.717) is 6.42 Å². The Bertz CT molecular complexity index is 893. The van der Waals surface area contributed by atoms with Crippen molar-refractivity contribution >= 4 is 5.91 Å². The molecule has 4 heteroatoms. The third-order valence-electron chi connectivity index (χ3n) is 11.3. The maximum absolute atomic E-state index is 12.4. The minimum atomic E-state index is -0.869. The number of hydrogen-bond donors (Lipinski definition) is 3. The van der Waals surface area contributed by atoms with E-state index in [4.69, 9.17) is 0 Å². The fourth-order valence-electron chi connectivity index (χ4n) is 7.44. The van der Waals surface area contributed by atoms with E-state index in [1.165, 1.54) is 199 Å². The highest BCUT2D eigenvalue weighted by Crippen LogP contribution is 2.16. The van der Waals surface area contributed by atoms with Crippen molar-refractivity contribution in [3.8, 4) is 0 Å².